The maximum absolute atomic E-state index is 2.50. The Morgan fingerprint density at radius 2 is 1.09 bits per heavy atom. The Kier molecular flexibility index (Phi) is 6.11. The van der Waals surface area contributed by atoms with Crippen LogP contribution in [0, 0.1) is 0 Å². The van der Waals surface area contributed by atoms with Gasteiger partial charge in [-0.1, -0.05) is 0 Å². The Morgan fingerprint density at radius 1 is 0.818 bits per heavy atom. The fraction of sp³-hybridized carbons (Fsp3) is 1.00. The second-order valence-electron chi connectivity index (χ2n) is 3.73. The molecule has 11 heavy (non-hydrogen) atoms. The molecule has 0 aliphatic heterocycles. The molecule has 0 amide bonds. The second kappa shape index (κ2) is 5.34. The van der Waals surface area contributed by atoms with E-state index in [0.29, 0.717) is 0 Å². The average Bonchev–Trinajstić information content (AvgIpc) is 1.53. The molecule has 0 unspecified atom stereocenters. The van der Waals surface area contributed by atoms with Gasteiger partial charge in [-0.2, -0.15) is 0 Å². The number of hydrogen-bond donors (Lipinski definition) is 0. The summed E-state index contributed by atoms with van der Waals surface area (Å²) in [5.74, 6) is 0. The fourth-order valence-electron chi connectivity index (χ4n) is 1.16. The molecule has 0 aromatic heterocycles. The van der Waals surface area contributed by atoms with Crippen molar-refractivity contribution in [3.8, 4) is 0 Å². The molecule has 0 saturated carbocycles. The van der Waals surface area contributed by atoms with Crippen molar-refractivity contribution >= 4 is 41.8 Å². The van der Waals surface area contributed by atoms with Crippen LogP contribution >= 0.6 is 0 Å². The second-order valence-corrected chi connectivity index (χ2v) is 18.8. The zero-order chi connectivity index (χ0) is 9.07. The summed E-state index contributed by atoms with van der Waals surface area (Å²) >= 11 is 0.534. The van der Waals surface area contributed by atoms with Gasteiger partial charge in [0.15, 0.2) is 0 Å². The molecule has 0 aromatic carbocycles. The van der Waals surface area contributed by atoms with Gasteiger partial charge in [0.2, 0.25) is 0 Å². The van der Waals surface area contributed by atoms with E-state index in [1.54, 1.807) is 0 Å². The Morgan fingerprint density at radius 3 is 1.27 bits per heavy atom. The van der Waals surface area contributed by atoms with Gasteiger partial charge >= 0.3 is 92.8 Å². The van der Waals surface area contributed by atoms with E-state index >= 15 is 0 Å². The minimum absolute atomic E-state index is 0.267. The summed E-state index contributed by atoms with van der Waals surface area (Å²) in [6.07, 6.45) is 0. The van der Waals surface area contributed by atoms with Crippen molar-refractivity contribution in [2.45, 2.75) is 51.0 Å². The monoisotopic (exact) mass is 388 g/mol. The van der Waals surface area contributed by atoms with Crippen molar-refractivity contribution in [3.05, 3.63) is 0 Å². The first-order chi connectivity index (χ1) is 4.83. The van der Waals surface area contributed by atoms with E-state index in [4.69, 9.17) is 0 Å². The van der Waals surface area contributed by atoms with E-state index in [9.17, 15) is 0 Å². The molecule has 0 radical (unpaired) electrons. The molecule has 0 aliphatic rings. The summed E-state index contributed by atoms with van der Waals surface area (Å²) in [6, 6.07) is 0. The molecule has 0 saturated heterocycles. The molecule has 0 rings (SSSR count). The Balaban J connectivity index is 3.79. The first kappa shape index (κ1) is 12.6. The zero-order valence-corrected chi connectivity index (χ0v) is 13.1. The van der Waals surface area contributed by atoms with Crippen molar-refractivity contribution < 1.29 is 0 Å². The summed E-state index contributed by atoms with van der Waals surface area (Å²) in [4.78, 5) is 0. The first-order valence-electron chi connectivity index (χ1n) is 4.19. The van der Waals surface area contributed by atoms with Crippen LogP contribution in [0.3, 0.4) is 0 Å². The predicted octanol–water partition coefficient (Wildman–Crippen LogP) is 3.21. The zero-order valence-electron chi connectivity index (χ0n) is 8.47. The summed E-state index contributed by atoms with van der Waals surface area (Å²) in [5.41, 5.74) is 0. The van der Waals surface area contributed by atoms with Gasteiger partial charge in [-0.15, -0.1) is 0 Å². The Hall–Kier alpha value is 1.58. The van der Waals surface area contributed by atoms with E-state index < -0.39 is 0 Å². The van der Waals surface area contributed by atoms with Crippen molar-refractivity contribution in [3.63, 3.8) is 0 Å². The molecule has 0 aromatic rings. The molecule has 0 heterocycles. The molecule has 0 aliphatic carbocycles. The molecular formula is C9H20Te2. The van der Waals surface area contributed by atoms with Crippen molar-refractivity contribution in [2.24, 2.45) is 0 Å². The van der Waals surface area contributed by atoms with Crippen LogP contribution in [0.5, 0.6) is 0 Å². The van der Waals surface area contributed by atoms with Gasteiger partial charge in [-0.05, 0) is 0 Å². The van der Waals surface area contributed by atoms with E-state index in [0.717, 1.165) is 9.44 Å². The van der Waals surface area contributed by atoms with Crippen LogP contribution in [0.1, 0.15) is 41.5 Å². The van der Waals surface area contributed by atoms with Crippen LogP contribution in [0.2, 0.25) is 9.44 Å². The standard InChI is InChI=1S/C9H20Te2/c1-7(2)10-9(5,6)11-8(3)4/h7-8H,1-6H3. The van der Waals surface area contributed by atoms with E-state index in [2.05, 4.69) is 41.5 Å². The molecule has 2 heteroatoms. The van der Waals surface area contributed by atoms with Crippen LogP contribution in [0.4, 0.5) is 0 Å². The topological polar surface area (TPSA) is 0 Å². The molecule has 0 nitrogen and oxygen atoms in total. The Bertz CT molecular complexity index is 94.1. The van der Waals surface area contributed by atoms with Gasteiger partial charge in [-0.25, -0.2) is 0 Å². The quantitative estimate of drug-likeness (QED) is 0.654. The van der Waals surface area contributed by atoms with Crippen LogP contribution in [-0.2, 0) is 0 Å². The summed E-state index contributed by atoms with van der Waals surface area (Å²) < 4.78 is 2.80. The van der Waals surface area contributed by atoms with Gasteiger partial charge in [0.25, 0.3) is 0 Å². The summed E-state index contributed by atoms with van der Waals surface area (Å²) in [7, 11) is 0. The van der Waals surface area contributed by atoms with Gasteiger partial charge in [0.05, 0.1) is 0 Å². The first-order valence-corrected chi connectivity index (χ1v) is 9.21. The molecular weight excluding hydrogens is 363 g/mol. The van der Waals surface area contributed by atoms with Crippen molar-refractivity contribution in [1.29, 1.82) is 0 Å². The van der Waals surface area contributed by atoms with Crippen LogP contribution < -0.4 is 0 Å². The van der Waals surface area contributed by atoms with Crippen LogP contribution in [0.15, 0.2) is 0 Å². The van der Waals surface area contributed by atoms with Gasteiger partial charge in [0, 0.05) is 0 Å². The van der Waals surface area contributed by atoms with Crippen LogP contribution in [0.25, 0.3) is 0 Å². The average molecular weight is 383 g/mol. The van der Waals surface area contributed by atoms with Crippen molar-refractivity contribution in [2.75, 3.05) is 0 Å². The fourth-order valence-corrected chi connectivity index (χ4v) is 16.2. The molecule has 68 valence electrons. The maximum atomic E-state index is 2.50. The van der Waals surface area contributed by atoms with E-state index in [1.807, 2.05) is 0 Å². The van der Waals surface area contributed by atoms with Gasteiger partial charge < -0.3 is 0 Å². The van der Waals surface area contributed by atoms with Gasteiger partial charge in [0.1, 0.15) is 0 Å². The van der Waals surface area contributed by atoms with Gasteiger partial charge in [-0.3, -0.25) is 0 Å². The Labute approximate surface area is 92.1 Å². The third kappa shape index (κ3) is 7.92. The summed E-state index contributed by atoms with van der Waals surface area (Å²) in [6.45, 7) is 14.5. The molecule has 0 atom stereocenters. The van der Waals surface area contributed by atoms with Crippen LogP contribution in [-0.4, -0.2) is 41.8 Å². The molecule has 0 bridgehead atoms. The molecule has 0 fully saturated rings. The number of hydrogen-bond acceptors (Lipinski definition) is 0. The third-order valence-corrected chi connectivity index (χ3v) is 10.7. The predicted molar refractivity (Wildman–Crippen MR) is 55.7 cm³/mol. The normalized spacial score (nSPS) is 13.1. The molecule has 0 N–H and O–H groups in total. The SMILES string of the molecule is CC(C)[Te]C(C)(C)[Te]C(C)C. The number of rotatable bonds is 4. The van der Waals surface area contributed by atoms with E-state index in [-0.39, 0.29) is 41.8 Å². The van der Waals surface area contributed by atoms with Crippen molar-refractivity contribution in [1.82, 2.24) is 0 Å². The third-order valence-electron chi connectivity index (χ3n) is 1.04. The van der Waals surface area contributed by atoms with E-state index in [1.165, 1.54) is 0 Å². The minimum atomic E-state index is 0.267. The molecule has 0 spiro atoms. The summed E-state index contributed by atoms with van der Waals surface area (Å²) in [5, 5.41) is 0.